The number of carboxylic acids is 6. The molecule has 0 radical (unpaired) electrons. The predicted molar refractivity (Wildman–Crippen MR) is 240 cm³/mol. The SMILES string of the molecule is Nc1nc(N)c(CCC[C@@H](c2ccc(C(=O)N[C@@H](CCC(=O)N[C@H](CCC(=O)N[C@H](CCC(=O)N[C@H](CCC(=O)N[C@H](CCC(=O)O)C(=O)O)C(=O)O)C(=O)O)C(=O)O)C(=O)O)cc2)C(O)(O)C(F)(F)F)c(=O)[nH]1. The second-order valence-electron chi connectivity index (χ2n) is 16.4. The van der Waals surface area contributed by atoms with Gasteiger partial charge in [-0.05, 0) is 69.1 Å². The molecule has 1 aromatic carbocycles. The first kappa shape index (κ1) is 61.7. The summed E-state index contributed by atoms with van der Waals surface area (Å²) in [5.41, 5.74) is 9.52. The topological polar surface area (TPSA) is 508 Å². The summed E-state index contributed by atoms with van der Waals surface area (Å²) in [7, 11) is 0. The van der Waals surface area contributed by atoms with Crippen molar-refractivity contribution in [1.82, 2.24) is 36.6 Å². The number of hydrogen-bond acceptors (Lipinski definition) is 17. The molecule has 0 unspecified atom stereocenters. The number of nitrogens with one attached hydrogen (secondary N) is 6. The maximum absolute atomic E-state index is 13.8. The Kier molecular flexibility index (Phi) is 23.3. The Morgan fingerprint density at radius 2 is 0.905 bits per heavy atom. The van der Waals surface area contributed by atoms with E-state index in [1.807, 2.05) is 21.3 Å². The van der Waals surface area contributed by atoms with Gasteiger partial charge in [0.1, 0.15) is 36.0 Å². The van der Waals surface area contributed by atoms with E-state index >= 15 is 0 Å². The molecule has 2 aromatic rings. The minimum absolute atomic E-state index is 0.129. The smallest absolute Gasteiger partial charge is 0.443 e. The molecule has 0 saturated heterocycles. The average Bonchev–Trinajstić information content (AvgIpc) is 3.28. The molecule has 408 valence electrons. The molecule has 6 atom stereocenters. The molecule has 2 rings (SSSR count). The lowest BCUT2D eigenvalue weighted by atomic mass is 9.84. The Hall–Kier alpha value is -8.42. The molecule has 32 heteroatoms. The summed E-state index contributed by atoms with van der Waals surface area (Å²) < 4.78 is 41.4. The van der Waals surface area contributed by atoms with Crippen LogP contribution in [0, 0.1) is 0 Å². The maximum Gasteiger partial charge on any atom is 0.443 e. The first-order chi connectivity index (χ1) is 34.3. The molecule has 5 amide bonds. The number of nitrogens with zero attached hydrogens (tertiary/aromatic N) is 1. The summed E-state index contributed by atoms with van der Waals surface area (Å²) in [6.45, 7) is 0. The van der Waals surface area contributed by atoms with Crippen LogP contribution in [0.3, 0.4) is 0 Å². The lowest BCUT2D eigenvalue weighted by Crippen LogP contribution is -2.50. The number of aromatic nitrogens is 2. The summed E-state index contributed by atoms with van der Waals surface area (Å²) >= 11 is 0. The maximum atomic E-state index is 13.8. The monoisotopic (exact) mass is 1060 g/mol. The van der Waals surface area contributed by atoms with Gasteiger partial charge in [0.25, 0.3) is 17.3 Å². The summed E-state index contributed by atoms with van der Waals surface area (Å²) in [6.07, 6.45) is -13.2. The van der Waals surface area contributed by atoms with E-state index in [4.69, 9.17) is 16.6 Å². The zero-order valence-electron chi connectivity index (χ0n) is 38.7. The van der Waals surface area contributed by atoms with E-state index in [-0.39, 0.29) is 41.3 Å². The molecule has 0 saturated carbocycles. The van der Waals surface area contributed by atoms with Crippen LogP contribution in [-0.2, 0) is 54.4 Å². The minimum Gasteiger partial charge on any atom is -0.481 e. The van der Waals surface area contributed by atoms with Crippen molar-refractivity contribution in [3.63, 3.8) is 0 Å². The zero-order chi connectivity index (χ0) is 56.2. The van der Waals surface area contributed by atoms with Gasteiger partial charge >= 0.3 is 42.0 Å². The van der Waals surface area contributed by atoms with Crippen LogP contribution in [0.5, 0.6) is 0 Å². The minimum atomic E-state index is -5.59. The Labute approximate surface area is 414 Å². The normalized spacial score (nSPS) is 13.9. The van der Waals surface area contributed by atoms with Crippen molar-refractivity contribution in [3.8, 4) is 0 Å². The van der Waals surface area contributed by atoms with Gasteiger partial charge in [0.2, 0.25) is 29.6 Å². The number of carboxylic acid groups (broad SMARTS) is 6. The number of anilines is 2. The number of aliphatic hydroxyl groups is 2. The number of carbonyl (C=O) groups is 11. The van der Waals surface area contributed by atoms with E-state index in [0.717, 1.165) is 24.3 Å². The van der Waals surface area contributed by atoms with Gasteiger partial charge in [0.15, 0.2) is 0 Å². The lowest BCUT2D eigenvalue weighted by molar-refractivity contribution is -0.358. The molecule has 18 N–H and O–H groups in total. The number of halogens is 3. The van der Waals surface area contributed by atoms with Crippen molar-refractivity contribution in [2.24, 2.45) is 0 Å². The van der Waals surface area contributed by atoms with E-state index in [1.165, 1.54) is 0 Å². The molecule has 74 heavy (non-hydrogen) atoms. The highest BCUT2D eigenvalue weighted by atomic mass is 19.4. The van der Waals surface area contributed by atoms with Crippen LogP contribution in [0.4, 0.5) is 24.9 Å². The number of benzene rings is 1. The Morgan fingerprint density at radius 1 is 0.554 bits per heavy atom. The average molecular weight is 1060 g/mol. The van der Waals surface area contributed by atoms with Gasteiger partial charge < -0.3 is 78.9 Å². The van der Waals surface area contributed by atoms with Gasteiger partial charge in [0, 0.05) is 43.6 Å². The molecule has 0 bridgehead atoms. The van der Waals surface area contributed by atoms with Crippen LogP contribution in [0.15, 0.2) is 29.1 Å². The third kappa shape index (κ3) is 20.0. The van der Waals surface area contributed by atoms with Gasteiger partial charge in [-0.15, -0.1) is 0 Å². The number of H-pyrrole nitrogens is 1. The molecular formula is C42H54F3N9O20. The standard InChI is InChI=1S/C42H54F3N9O20/c43-42(44,45)41(73,74)21(3-1-2-20-32(46)53-40(47)54-34(20)62)18-4-6-19(7-5-18)33(61)52-26(39(71)72)11-16-30(58)50-24(37(67)68)9-14-28(56)48-22(35(63)64)8-13-27(55)49-23(36(65)66)10-15-29(57)51-25(38(69)70)12-17-31(59)60/h4-7,21-26,73-74H,1-3,8-17H2,(H,48,56)(H,49,55)(H,50,58)(H,51,57)(H,52,61)(H,59,60)(H,63,64)(H,65,66)(H,67,68)(H,69,70)(H,71,72)(H5,46,47,53,54,62)/t21-,22+,23+,24+,25+,26-/m0/s1. The highest BCUT2D eigenvalue weighted by Gasteiger charge is 2.58. The largest absolute Gasteiger partial charge is 0.481 e. The quantitative estimate of drug-likeness (QED) is 0.0344. The number of nitrogens with two attached hydrogens (primary N) is 2. The summed E-state index contributed by atoms with van der Waals surface area (Å²) in [5.74, 6) is -22.0. The molecule has 0 fully saturated rings. The number of aromatic amines is 1. The van der Waals surface area contributed by atoms with Crippen molar-refractivity contribution in [1.29, 1.82) is 0 Å². The molecule has 0 aliphatic carbocycles. The van der Waals surface area contributed by atoms with Gasteiger partial charge in [-0.2, -0.15) is 18.2 Å². The van der Waals surface area contributed by atoms with Crippen LogP contribution in [0.25, 0.3) is 0 Å². The number of amides is 5. The van der Waals surface area contributed by atoms with Crippen molar-refractivity contribution in [2.45, 2.75) is 132 Å². The molecule has 0 aliphatic heterocycles. The van der Waals surface area contributed by atoms with Crippen LogP contribution < -0.4 is 43.6 Å². The number of carbonyl (C=O) groups excluding carboxylic acids is 5. The van der Waals surface area contributed by atoms with Crippen LogP contribution in [0.1, 0.15) is 104 Å². The lowest BCUT2D eigenvalue weighted by Gasteiger charge is -2.33. The Balaban J connectivity index is 1.97. The van der Waals surface area contributed by atoms with E-state index in [1.54, 1.807) is 0 Å². The predicted octanol–water partition coefficient (Wildman–Crippen LogP) is -2.27. The molecular weight excluding hydrogens is 1010 g/mol. The fourth-order valence-corrected chi connectivity index (χ4v) is 6.89. The number of hydrogen-bond donors (Lipinski definition) is 16. The summed E-state index contributed by atoms with van der Waals surface area (Å²) in [5, 5.41) is 87.0. The third-order valence-electron chi connectivity index (χ3n) is 10.9. The van der Waals surface area contributed by atoms with E-state index in [0.29, 0.717) is 0 Å². The highest BCUT2D eigenvalue weighted by molar-refractivity contribution is 5.97. The second-order valence-corrected chi connectivity index (χ2v) is 16.4. The van der Waals surface area contributed by atoms with Crippen molar-refractivity contribution < 1.29 is 107 Å². The Morgan fingerprint density at radius 3 is 1.23 bits per heavy atom. The molecule has 1 aromatic heterocycles. The number of aliphatic carboxylic acids is 6. The molecule has 0 aliphatic rings. The van der Waals surface area contributed by atoms with Crippen molar-refractivity contribution in [3.05, 3.63) is 51.3 Å². The van der Waals surface area contributed by atoms with Gasteiger partial charge in [-0.3, -0.25) is 38.5 Å². The van der Waals surface area contributed by atoms with Gasteiger partial charge in [0.05, 0.1) is 5.56 Å². The van der Waals surface area contributed by atoms with E-state index in [9.17, 15) is 106 Å². The fourth-order valence-electron chi connectivity index (χ4n) is 6.89. The van der Waals surface area contributed by atoms with Crippen LogP contribution in [0.2, 0.25) is 0 Å². The highest BCUT2D eigenvalue weighted by Crippen LogP contribution is 2.42. The first-order valence-corrected chi connectivity index (χ1v) is 21.9. The van der Waals surface area contributed by atoms with Crippen LogP contribution >= 0.6 is 0 Å². The fraction of sp³-hybridized carbons (Fsp3) is 0.500. The first-order valence-electron chi connectivity index (χ1n) is 21.9. The molecule has 0 spiro atoms. The van der Waals surface area contributed by atoms with Crippen molar-refractivity contribution in [2.75, 3.05) is 11.5 Å². The van der Waals surface area contributed by atoms with Gasteiger partial charge in [-0.1, -0.05) is 12.1 Å². The number of alkyl halides is 3. The van der Waals surface area contributed by atoms with Crippen molar-refractivity contribution >= 4 is 77.1 Å². The summed E-state index contributed by atoms with van der Waals surface area (Å²) in [4.78, 5) is 151. The summed E-state index contributed by atoms with van der Waals surface area (Å²) in [6, 6.07) is -5.03. The van der Waals surface area contributed by atoms with Crippen LogP contribution in [-0.4, -0.2) is 158 Å². The number of rotatable bonds is 32. The van der Waals surface area contributed by atoms with E-state index < -0.39 is 190 Å². The number of nitrogen functional groups attached to an aromatic ring is 2. The molecule has 1 heterocycles. The third-order valence-corrected chi connectivity index (χ3v) is 10.9. The zero-order valence-corrected chi connectivity index (χ0v) is 38.7. The molecule has 29 nitrogen and oxygen atoms in total. The second kappa shape index (κ2) is 28.0. The van der Waals surface area contributed by atoms with Gasteiger partial charge in [-0.25, -0.2) is 24.0 Å². The Bertz CT molecular complexity index is 2470. The van der Waals surface area contributed by atoms with E-state index in [2.05, 4.69) is 15.3 Å².